The summed E-state index contributed by atoms with van der Waals surface area (Å²) in [6, 6.07) is 8.57. The molecular formula is C15H18O2. The van der Waals surface area contributed by atoms with Crippen LogP contribution in [0.25, 0.3) is 0 Å². The molecule has 0 heterocycles. The zero-order valence-corrected chi connectivity index (χ0v) is 10.4. The first kappa shape index (κ1) is 11.9. The largest absolute Gasteiger partial charge is 0.465 e. The molecule has 1 saturated carbocycles. The average molecular weight is 230 g/mol. The number of benzene rings is 1. The molecule has 1 aliphatic carbocycles. The maximum absolute atomic E-state index is 10.8. The van der Waals surface area contributed by atoms with E-state index >= 15 is 0 Å². The second-order valence-electron chi connectivity index (χ2n) is 4.79. The Morgan fingerprint density at radius 3 is 2.59 bits per heavy atom. The van der Waals surface area contributed by atoms with Crippen LogP contribution in [0.15, 0.2) is 36.4 Å². The van der Waals surface area contributed by atoms with Crippen molar-refractivity contribution in [1.82, 2.24) is 0 Å². The van der Waals surface area contributed by atoms with Crippen LogP contribution >= 0.6 is 0 Å². The molecule has 1 aliphatic rings. The summed E-state index contributed by atoms with van der Waals surface area (Å²) in [5.41, 5.74) is 3.78. The molecular weight excluding hydrogens is 212 g/mol. The highest BCUT2D eigenvalue weighted by atomic mass is 16.5. The lowest BCUT2D eigenvalue weighted by Crippen LogP contribution is -2.31. The van der Waals surface area contributed by atoms with Gasteiger partial charge in [-0.15, -0.1) is 0 Å². The molecule has 2 heteroatoms. The fourth-order valence-electron chi connectivity index (χ4n) is 2.31. The minimum absolute atomic E-state index is 0.215. The summed E-state index contributed by atoms with van der Waals surface area (Å²) < 4.78 is 5.09. The molecule has 0 bridgehead atoms. The van der Waals surface area contributed by atoms with Crippen LogP contribution in [-0.4, -0.2) is 12.6 Å². The van der Waals surface area contributed by atoms with Gasteiger partial charge in [0.25, 0.3) is 0 Å². The summed E-state index contributed by atoms with van der Waals surface area (Å²) in [6.07, 6.45) is 1.01. The van der Waals surface area contributed by atoms with Crippen LogP contribution in [0, 0.1) is 12.8 Å². The molecule has 1 aromatic carbocycles. The van der Waals surface area contributed by atoms with Gasteiger partial charge < -0.3 is 4.74 Å². The van der Waals surface area contributed by atoms with Crippen LogP contribution in [0.5, 0.6) is 0 Å². The molecule has 0 aromatic heterocycles. The van der Waals surface area contributed by atoms with E-state index in [1.165, 1.54) is 23.6 Å². The maximum atomic E-state index is 10.8. The lowest BCUT2D eigenvalue weighted by atomic mass is 9.67. The van der Waals surface area contributed by atoms with Gasteiger partial charge in [-0.2, -0.15) is 0 Å². The van der Waals surface area contributed by atoms with E-state index in [0.717, 1.165) is 6.42 Å². The first-order chi connectivity index (χ1) is 8.08. The number of aryl methyl sites for hydroxylation is 1. The molecule has 0 radical (unpaired) electrons. The first-order valence-electron chi connectivity index (χ1n) is 5.95. The quantitative estimate of drug-likeness (QED) is 0.588. The highest BCUT2D eigenvalue weighted by Crippen LogP contribution is 2.46. The van der Waals surface area contributed by atoms with Crippen molar-refractivity contribution in [3.8, 4) is 0 Å². The Labute approximate surface area is 102 Å². The lowest BCUT2D eigenvalue weighted by molar-refractivity contribution is -0.142. The van der Waals surface area contributed by atoms with E-state index in [9.17, 15) is 4.79 Å². The average Bonchev–Trinajstić information content (AvgIpc) is 2.27. The number of ether oxygens (including phenoxy) is 1. The third-order valence-electron chi connectivity index (χ3n) is 3.46. The standard InChI is InChI=1S/C15H18O2/c1-10-4-6-13(7-5-10)14-8-11(2)15(14)9-17-12(3)16/h4-7,14-15H,2,8-9H2,1,3H3/t14-,15+/m1/s1. The van der Waals surface area contributed by atoms with Crippen molar-refractivity contribution in [3.63, 3.8) is 0 Å². The molecule has 90 valence electrons. The summed E-state index contributed by atoms with van der Waals surface area (Å²) in [5.74, 6) is 0.538. The number of hydrogen-bond acceptors (Lipinski definition) is 2. The van der Waals surface area contributed by atoms with E-state index in [1.807, 2.05) is 0 Å². The van der Waals surface area contributed by atoms with Gasteiger partial charge in [-0.05, 0) is 24.8 Å². The number of esters is 1. The lowest BCUT2D eigenvalue weighted by Gasteiger charge is -2.39. The smallest absolute Gasteiger partial charge is 0.302 e. The monoisotopic (exact) mass is 230 g/mol. The summed E-state index contributed by atoms with van der Waals surface area (Å²) in [6.45, 7) is 8.02. The van der Waals surface area contributed by atoms with Gasteiger partial charge in [0.2, 0.25) is 0 Å². The normalized spacial score (nSPS) is 23.1. The summed E-state index contributed by atoms with van der Waals surface area (Å²) in [5, 5.41) is 0. The molecule has 0 unspecified atom stereocenters. The zero-order chi connectivity index (χ0) is 12.4. The van der Waals surface area contributed by atoms with Crippen molar-refractivity contribution < 1.29 is 9.53 Å². The van der Waals surface area contributed by atoms with Gasteiger partial charge in [0.1, 0.15) is 0 Å². The summed E-state index contributed by atoms with van der Waals surface area (Å²) in [4.78, 5) is 10.8. The molecule has 2 rings (SSSR count). The minimum atomic E-state index is -0.215. The van der Waals surface area contributed by atoms with E-state index in [-0.39, 0.29) is 5.97 Å². The minimum Gasteiger partial charge on any atom is -0.465 e. The topological polar surface area (TPSA) is 26.3 Å². The number of carbonyl (C=O) groups is 1. The fourth-order valence-corrected chi connectivity index (χ4v) is 2.31. The van der Waals surface area contributed by atoms with Gasteiger partial charge in [-0.1, -0.05) is 42.0 Å². The highest BCUT2D eigenvalue weighted by Gasteiger charge is 2.36. The van der Waals surface area contributed by atoms with Crippen LogP contribution in [0.1, 0.15) is 30.4 Å². The first-order valence-corrected chi connectivity index (χ1v) is 5.95. The van der Waals surface area contributed by atoms with Gasteiger partial charge in [0, 0.05) is 12.8 Å². The SMILES string of the molecule is C=C1C[C@H](c2ccc(C)cc2)[C@H]1COC(C)=O. The van der Waals surface area contributed by atoms with E-state index in [4.69, 9.17) is 4.74 Å². The van der Waals surface area contributed by atoms with Crippen molar-refractivity contribution in [2.45, 2.75) is 26.2 Å². The summed E-state index contributed by atoms with van der Waals surface area (Å²) >= 11 is 0. The third kappa shape index (κ3) is 2.57. The Morgan fingerprint density at radius 2 is 2.06 bits per heavy atom. The van der Waals surface area contributed by atoms with Crippen LogP contribution in [0.3, 0.4) is 0 Å². The predicted molar refractivity (Wildman–Crippen MR) is 67.8 cm³/mol. The Kier molecular flexibility index (Phi) is 3.32. The van der Waals surface area contributed by atoms with Crippen LogP contribution < -0.4 is 0 Å². The Hall–Kier alpha value is -1.57. The van der Waals surface area contributed by atoms with Gasteiger partial charge in [0.15, 0.2) is 0 Å². The molecule has 0 spiro atoms. The Balaban J connectivity index is 2.04. The second kappa shape index (κ2) is 4.74. The van der Waals surface area contributed by atoms with Gasteiger partial charge >= 0.3 is 5.97 Å². The van der Waals surface area contributed by atoms with Gasteiger partial charge in [-0.25, -0.2) is 0 Å². The molecule has 17 heavy (non-hydrogen) atoms. The summed E-state index contributed by atoms with van der Waals surface area (Å²) in [7, 11) is 0. The molecule has 2 atom stereocenters. The second-order valence-corrected chi connectivity index (χ2v) is 4.79. The Morgan fingerprint density at radius 1 is 1.41 bits per heavy atom. The fraction of sp³-hybridized carbons (Fsp3) is 0.400. The molecule has 0 aliphatic heterocycles. The van der Waals surface area contributed by atoms with Crippen molar-refractivity contribution in [2.24, 2.45) is 5.92 Å². The van der Waals surface area contributed by atoms with E-state index in [0.29, 0.717) is 18.4 Å². The molecule has 0 amide bonds. The van der Waals surface area contributed by atoms with Crippen LogP contribution in [0.2, 0.25) is 0 Å². The molecule has 0 saturated heterocycles. The van der Waals surface area contributed by atoms with Crippen LogP contribution in [0.4, 0.5) is 0 Å². The third-order valence-corrected chi connectivity index (χ3v) is 3.46. The van der Waals surface area contributed by atoms with Gasteiger partial charge in [0.05, 0.1) is 6.61 Å². The van der Waals surface area contributed by atoms with Crippen molar-refractivity contribution in [2.75, 3.05) is 6.61 Å². The number of carbonyl (C=O) groups excluding carboxylic acids is 1. The predicted octanol–water partition coefficient (Wildman–Crippen LogP) is 3.22. The number of hydrogen-bond donors (Lipinski definition) is 0. The van der Waals surface area contributed by atoms with Crippen molar-refractivity contribution >= 4 is 5.97 Å². The van der Waals surface area contributed by atoms with Crippen molar-refractivity contribution in [3.05, 3.63) is 47.5 Å². The molecule has 2 nitrogen and oxygen atoms in total. The maximum Gasteiger partial charge on any atom is 0.302 e. The number of rotatable bonds is 3. The van der Waals surface area contributed by atoms with Gasteiger partial charge in [-0.3, -0.25) is 4.79 Å². The molecule has 0 N–H and O–H groups in total. The van der Waals surface area contributed by atoms with Crippen molar-refractivity contribution in [1.29, 1.82) is 0 Å². The van der Waals surface area contributed by atoms with E-state index in [2.05, 4.69) is 37.8 Å². The molecule has 1 aromatic rings. The highest BCUT2D eigenvalue weighted by molar-refractivity contribution is 5.66. The van der Waals surface area contributed by atoms with Crippen LogP contribution in [-0.2, 0) is 9.53 Å². The Bertz CT molecular complexity index is 431. The zero-order valence-electron chi connectivity index (χ0n) is 10.4. The molecule has 1 fully saturated rings. The van der Waals surface area contributed by atoms with E-state index in [1.54, 1.807) is 0 Å². The van der Waals surface area contributed by atoms with E-state index < -0.39 is 0 Å².